The number of ether oxygens (including phenoxy) is 1. The van der Waals surface area contributed by atoms with Crippen molar-refractivity contribution < 1.29 is 23.5 Å². The number of furan rings is 1. The van der Waals surface area contributed by atoms with Gasteiger partial charge >= 0.3 is 5.97 Å². The lowest BCUT2D eigenvalue weighted by Crippen LogP contribution is -2.23. The molecule has 0 aliphatic carbocycles. The number of benzene rings is 2. The van der Waals surface area contributed by atoms with Gasteiger partial charge in [0.2, 0.25) is 11.7 Å². The predicted molar refractivity (Wildman–Crippen MR) is 105 cm³/mol. The zero-order valence-electron chi connectivity index (χ0n) is 15.3. The van der Waals surface area contributed by atoms with Crippen LogP contribution in [-0.4, -0.2) is 24.3 Å². The average molecular weight is 400 g/mol. The number of amides is 1. The Balaban J connectivity index is 1.61. The molecule has 1 aromatic heterocycles. The Labute approximate surface area is 166 Å². The Morgan fingerprint density at radius 1 is 1.11 bits per heavy atom. The molecule has 0 spiro atoms. The highest BCUT2D eigenvalue weighted by Crippen LogP contribution is 2.23. The van der Waals surface area contributed by atoms with Crippen LogP contribution in [0.1, 0.15) is 46.4 Å². The Hall–Kier alpha value is -3.12. The summed E-state index contributed by atoms with van der Waals surface area (Å²) < 4.78 is 10.5. The Kier molecular flexibility index (Phi) is 5.80. The fourth-order valence-electron chi connectivity index (χ4n) is 2.75. The van der Waals surface area contributed by atoms with E-state index in [0.717, 1.165) is 5.56 Å². The summed E-state index contributed by atoms with van der Waals surface area (Å²) in [5.41, 5.74) is 1.78. The molecule has 6 nitrogen and oxygen atoms in total. The maximum absolute atomic E-state index is 12.3. The average Bonchev–Trinajstić information content (AvgIpc) is 3.08. The highest BCUT2D eigenvalue weighted by molar-refractivity contribution is 6.31. The lowest BCUT2D eigenvalue weighted by Gasteiger charge is -2.13. The maximum Gasteiger partial charge on any atom is 0.374 e. The van der Waals surface area contributed by atoms with Gasteiger partial charge in [0, 0.05) is 22.9 Å². The van der Waals surface area contributed by atoms with Crippen LogP contribution in [0, 0.1) is 0 Å². The number of nitrogens with one attached hydrogen (secondary N) is 1. The van der Waals surface area contributed by atoms with Crippen LogP contribution in [0.3, 0.4) is 0 Å². The molecule has 0 saturated carbocycles. The van der Waals surface area contributed by atoms with Crippen molar-refractivity contribution in [3.8, 4) is 0 Å². The zero-order chi connectivity index (χ0) is 20.3. The van der Waals surface area contributed by atoms with E-state index in [-0.39, 0.29) is 23.5 Å². The van der Waals surface area contributed by atoms with E-state index in [1.54, 1.807) is 42.5 Å². The monoisotopic (exact) mass is 399 g/mol. The molecule has 144 valence electrons. The quantitative estimate of drug-likeness (QED) is 0.492. The van der Waals surface area contributed by atoms with Crippen LogP contribution < -0.4 is 5.32 Å². The van der Waals surface area contributed by atoms with Gasteiger partial charge in [-0.3, -0.25) is 9.59 Å². The largest absolute Gasteiger partial charge is 0.451 e. The van der Waals surface area contributed by atoms with Crippen molar-refractivity contribution in [3.05, 3.63) is 70.4 Å². The molecule has 0 radical (unpaired) electrons. The molecule has 0 unspecified atom stereocenters. The molecule has 0 fully saturated rings. The lowest BCUT2D eigenvalue weighted by atomic mass is 10.0. The number of fused-ring (bicyclic) bond motifs is 1. The van der Waals surface area contributed by atoms with Gasteiger partial charge in [0.15, 0.2) is 12.4 Å². The Bertz CT molecular complexity index is 1040. The summed E-state index contributed by atoms with van der Waals surface area (Å²) in [6.07, 6.45) is 0. The first-order valence-electron chi connectivity index (χ1n) is 8.60. The first kappa shape index (κ1) is 19.6. The van der Waals surface area contributed by atoms with Gasteiger partial charge in [-0.2, -0.15) is 0 Å². The minimum Gasteiger partial charge on any atom is -0.451 e. The smallest absolute Gasteiger partial charge is 0.374 e. The number of carbonyl (C=O) groups excluding carboxylic acids is 3. The van der Waals surface area contributed by atoms with Crippen LogP contribution in [0.25, 0.3) is 11.0 Å². The minimum absolute atomic E-state index is 0.00421. The molecular weight excluding hydrogens is 382 g/mol. The number of hydrogen-bond acceptors (Lipinski definition) is 5. The summed E-state index contributed by atoms with van der Waals surface area (Å²) in [6, 6.07) is 13.1. The van der Waals surface area contributed by atoms with Gasteiger partial charge in [0.05, 0.1) is 6.04 Å². The van der Waals surface area contributed by atoms with E-state index in [9.17, 15) is 14.4 Å². The first-order chi connectivity index (χ1) is 13.3. The molecule has 0 aliphatic rings. The van der Waals surface area contributed by atoms with E-state index < -0.39 is 12.6 Å². The molecule has 0 saturated heterocycles. The van der Waals surface area contributed by atoms with Crippen molar-refractivity contribution in [2.24, 2.45) is 0 Å². The van der Waals surface area contributed by atoms with E-state index in [1.807, 2.05) is 6.92 Å². The Morgan fingerprint density at radius 3 is 2.50 bits per heavy atom. The van der Waals surface area contributed by atoms with E-state index in [0.29, 0.717) is 21.6 Å². The molecule has 1 atom stereocenters. The second-order valence-corrected chi connectivity index (χ2v) is 6.77. The summed E-state index contributed by atoms with van der Waals surface area (Å²) in [7, 11) is 0. The number of carbonyl (C=O) groups is 3. The molecule has 3 aromatic rings. The van der Waals surface area contributed by atoms with Gasteiger partial charge in [0.1, 0.15) is 5.58 Å². The van der Waals surface area contributed by atoms with E-state index in [1.165, 1.54) is 13.0 Å². The van der Waals surface area contributed by atoms with Gasteiger partial charge in [-0.1, -0.05) is 35.9 Å². The topological polar surface area (TPSA) is 85.6 Å². The third-order valence-corrected chi connectivity index (χ3v) is 4.40. The lowest BCUT2D eigenvalue weighted by molar-refractivity contribution is -0.119. The van der Waals surface area contributed by atoms with Crippen LogP contribution in [0.15, 0.2) is 52.9 Å². The fourth-order valence-corrected chi connectivity index (χ4v) is 2.93. The van der Waals surface area contributed by atoms with Crippen molar-refractivity contribution in [3.63, 3.8) is 0 Å². The second kappa shape index (κ2) is 8.27. The summed E-state index contributed by atoms with van der Waals surface area (Å²) in [6.45, 7) is 2.89. The molecular formula is C21H18ClNO5. The summed E-state index contributed by atoms with van der Waals surface area (Å²) >= 11 is 5.91. The standard InChI is InChI=1S/C21H18ClNO5/c1-12(23-13(2)24)14-3-5-15(6-4-14)18(25)11-27-21(26)20-10-16-9-17(22)7-8-19(16)28-20/h3-10,12H,11H2,1-2H3,(H,23,24)/t12-/m1/s1. The first-order valence-corrected chi connectivity index (χ1v) is 8.98. The second-order valence-electron chi connectivity index (χ2n) is 6.34. The van der Waals surface area contributed by atoms with Crippen molar-refractivity contribution in [1.82, 2.24) is 5.32 Å². The zero-order valence-corrected chi connectivity index (χ0v) is 16.1. The van der Waals surface area contributed by atoms with Crippen LogP contribution in [-0.2, 0) is 9.53 Å². The number of Topliss-reactive ketones (excluding diaryl/α,β-unsaturated/α-hetero) is 1. The third-order valence-electron chi connectivity index (χ3n) is 4.17. The molecule has 2 aromatic carbocycles. The fraction of sp³-hybridized carbons (Fsp3) is 0.190. The molecule has 0 aliphatic heterocycles. The van der Waals surface area contributed by atoms with Gasteiger partial charge in [0.25, 0.3) is 0 Å². The van der Waals surface area contributed by atoms with E-state index >= 15 is 0 Å². The van der Waals surface area contributed by atoms with Crippen LogP contribution in [0.2, 0.25) is 5.02 Å². The molecule has 1 N–H and O–H groups in total. The van der Waals surface area contributed by atoms with E-state index in [2.05, 4.69) is 5.32 Å². The van der Waals surface area contributed by atoms with Gasteiger partial charge in [-0.05, 0) is 36.8 Å². The molecule has 1 amide bonds. The molecule has 1 heterocycles. The number of esters is 1. The third kappa shape index (κ3) is 4.58. The van der Waals surface area contributed by atoms with Gasteiger partial charge in [-0.25, -0.2) is 4.79 Å². The molecule has 7 heteroatoms. The normalized spacial score (nSPS) is 11.8. The molecule has 3 rings (SSSR count). The molecule has 28 heavy (non-hydrogen) atoms. The van der Waals surface area contributed by atoms with Crippen molar-refractivity contribution in [1.29, 1.82) is 0 Å². The summed E-state index contributed by atoms with van der Waals surface area (Å²) in [5, 5.41) is 3.97. The summed E-state index contributed by atoms with van der Waals surface area (Å²) in [5.74, 6) is -1.19. The van der Waals surface area contributed by atoms with Crippen molar-refractivity contribution in [2.45, 2.75) is 19.9 Å². The number of hydrogen-bond donors (Lipinski definition) is 1. The highest BCUT2D eigenvalue weighted by atomic mass is 35.5. The van der Waals surface area contributed by atoms with Crippen molar-refractivity contribution in [2.75, 3.05) is 6.61 Å². The number of ketones is 1. The van der Waals surface area contributed by atoms with Crippen LogP contribution >= 0.6 is 11.6 Å². The highest BCUT2D eigenvalue weighted by Gasteiger charge is 2.17. The predicted octanol–water partition coefficient (Wildman–Crippen LogP) is 4.32. The van der Waals surface area contributed by atoms with Crippen LogP contribution in [0.4, 0.5) is 0 Å². The number of halogens is 1. The molecule has 0 bridgehead atoms. The van der Waals surface area contributed by atoms with Gasteiger partial charge in [-0.15, -0.1) is 0 Å². The minimum atomic E-state index is -0.725. The Morgan fingerprint density at radius 2 is 1.82 bits per heavy atom. The van der Waals surface area contributed by atoms with Crippen molar-refractivity contribution >= 4 is 40.2 Å². The SMILES string of the molecule is CC(=O)N[C@H](C)c1ccc(C(=O)COC(=O)c2cc3cc(Cl)ccc3o2)cc1. The van der Waals surface area contributed by atoms with Gasteiger partial charge < -0.3 is 14.5 Å². The number of rotatable bonds is 6. The maximum atomic E-state index is 12.3. The summed E-state index contributed by atoms with van der Waals surface area (Å²) in [4.78, 5) is 35.5. The van der Waals surface area contributed by atoms with E-state index in [4.69, 9.17) is 20.8 Å². The van der Waals surface area contributed by atoms with Crippen LogP contribution in [0.5, 0.6) is 0 Å².